The SMILES string of the molecule is CSc1ccccc1NC1=CC(=O)C(Nc2ccccc2SC)=CC1=O. The van der Waals surface area contributed by atoms with Crippen LogP contribution >= 0.6 is 23.5 Å². The molecular formula is C20H18N2O2S2. The fourth-order valence-corrected chi connectivity index (χ4v) is 3.65. The average Bonchev–Trinajstić information content (AvgIpc) is 2.66. The van der Waals surface area contributed by atoms with Gasteiger partial charge in [-0.05, 0) is 36.8 Å². The summed E-state index contributed by atoms with van der Waals surface area (Å²) in [5.41, 5.74) is 2.18. The molecule has 2 N–H and O–H groups in total. The highest BCUT2D eigenvalue weighted by molar-refractivity contribution is 7.99. The van der Waals surface area contributed by atoms with E-state index >= 15 is 0 Å². The molecule has 0 atom stereocenters. The number of anilines is 2. The molecule has 0 saturated carbocycles. The van der Waals surface area contributed by atoms with Crippen LogP contribution in [0.15, 0.2) is 81.9 Å². The molecule has 0 amide bonds. The van der Waals surface area contributed by atoms with Crippen LogP contribution < -0.4 is 10.6 Å². The average molecular weight is 383 g/mol. The molecule has 0 saturated heterocycles. The zero-order valence-electron chi connectivity index (χ0n) is 14.4. The van der Waals surface area contributed by atoms with Crippen molar-refractivity contribution in [2.45, 2.75) is 9.79 Å². The molecule has 0 aliphatic heterocycles. The molecule has 2 aromatic rings. The molecule has 6 heteroatoms. The predicted molar refractivity (Wildman–Crippen MR) is 110 cm³/mol. The Bertz CT molecular complexity index is 844. The fourth-order valence-electron chi connectivity index (χ4n) is 2.54. The molecule has 132 valence electrons. The monoisotopic (exact) mass is 382 g/mol. The fraction of sp³-hybridized carbons (Fsp3) is 0.100. The van der Waals surface area contributed by atoms with Crippen molar-refractivity contribution in [1.29, 1.82) is 0 Å². The Morgan fingerprint density at radius 2 is 1.04 bits per heavy atom. The molecule has 1 aliphatic carbocycles. The van der Waals surface area contributed by atoms with Gasteiger partial charge in [0, 0.05) is 21.9 Å². The normalized spacial score (nSPS) is 13.9. The third-order valence-corrected chi connectivity index (χ3v) is 5.43. The second kappa shape index (κ2) is 8.29. The van der Waals surface area contributed by atoms with Gasteiger partial charge in [-0.3, -0.25) is 9.59 Å². The van der Waals surface area contributed by atoms with Crippen molar-refractivity contribution in [3.63, 3.8) is 0 Å². The molecule has 3 rings (SSSR count). The van der Waals surface area contributed by atoms with E-state index in [1.165, 1.54) is 12.2 Å². The van der Waals surface area contributed by atoms with Crippen molar-refractivity contribution in [3.8, 4) is 0 Å². The molecule has 4 nitrogen and oxygen atoms in total. The van der Waals surface area contributed by atoms with E-state index in [0.29, 0.717) is 0 Å². The Labute approximate surface area is 161 Å². The first-order valence-electron chi connectivity index (χ1n) is 7.94. The van der Waals surface area contributed by atoms with Crippen LogP contribution in [0.25, 0.3) is 0 Å². The highest BCUT2D eigenvalue weighted by Crippen LogP contribution is 2.29. The largest absolute Gasteiger partial charge is 0.351 e. The number of benzene rings is 2. The third-order valence-electron chi connectivity index (χ3n) is 3.83. The lowest BCUT2D eigenvalue weighted by atomic mass is 10.1. The van der Waals surface area contributed by atoms with E-state index in [0.717, 1.165) is 21.2 Å². The van der Waals surface area contributed by atoms with Gasteiger partial charge in [0.15, 0.2) is 0 Å². The lowest BCUT2D eigenvalue weighted by Gasteiger charge is -2.17. The van der Waals surface area contributed by atoms with Crippen LogP contribution in [0.4, 0.5) is 11.4 Å². The minimum absolute atomic E-state index is 0.232. The third kappa shape index (κ3) is 4.03. The van der Waals surface area contributed by atoms with Crippen molar-refractivity contribution in [2.75, 3.05) is 23.1 Å². The first-order chi connectivity index (χ1) is 12.6. The lowest BCUT2D eigenvalue weighted by Crippen LogP contribution is -2.22. The van der Waals surface area contributed by atoms with Gasteiger partial charge in [-0.2, -0.15) is 0 Å². The van der Waals surface area contributed by atoms with E-state index in [1.807, 2.05) is 61.0 Å². The van der Waals surface area contributed by atoms with E-state index in [1.54, 1.807) is 23.5 Å². The predicted octanol–water partition coefficient (Wildman–Crippen LogP) is 4.57. The van der Waals surface area contributed by atoms with Crippen molar-refractivity contribution >= 4 is 46.5 Å². The summed E-state index contributed by atoms with van der Waals surface area (Å²) in [5, 5.41) is 6.16. The Morgan fingerprint density at radius 1 is 0.654 bits per heavy atom. The molecule has 2 aromatic carbocycles. The molecule has 0 bridgehead atoms. The maximum atomic E-state index is 12.5. The molecule has 0 aromatic heterocycles. The number of carbonyl (C=O) groups excluding carboxylic acids is 2. The van der Waals surface area contributed by atoms with Crippen LogP contribution in [0.5, 0.6) is 0 Å². The summed E-state index contributed by atoms with van der Waals surface area (Å²) in [6, 6.07) is 15.3. The molecule has 0 spiro atoms. The highest BCUT2D eigenvalue weighted by Gasteiger charge is 2.21. The van der Waals surface area contributed by atoms with Crippen LogP contribution in [0, 0.1) is 0 Å². The van der Waals surface area contributed by atoms with Gasteiger partial charge in [-0.25, -0.2) is 0 Å². The summed E-state index contributed by atoms with van der Waals surface area (Å²) in [5.74, 6) is -0.464. The molecule has 0 fully saturated rings. The Kier molecular flexibility index (Phi) is 5.85. The minimum atomic E-state index is -0.232. The highest BCUT2D eigenvalue weighted by atomic mass is 32.2. The molecule has 0 radical (unpaired) electrons. The number of allylic oxidation sites excluding steroid dienone is 2. The molecular weight excluding hydrogens is 364 g/mol. The van der Waals surface area contributed by atoms with E-state index in [4.69, 9.17) is 0 Å². The summed E-state index contributed by atoms with van der Waals surface area (Å²) in [4.78, 5) is 27.0. The van der Waals surface area contributed by atoms with E-state index in [9.17, 15) is 9.59 Å². The zero-order valence-corrected chi connectivity index (χ0v) is 16.0. The van der Waals surface area contributed by atoms with Gasteiger partial charge in [-0.15, -0.1) is 23.5 Å². The summed E-state index contributed by atoms with van der Waals surface area (Å²) < 4.78 is 0. The van der Waals surface area contributed by atoms with Gasteiger partial charge in [0.05, 0.1) is 22.8 Å². The molecule has 1 aliphatic rings. The van der Waals surface area contributed by atoms with Crippen LogP contribution in [-0.4, -0.2) is 24.1 Å². The number of hydrogen-bond acceptors (Lipinski definition) is 6. The number of hydrogen-bond donors (Lipinski definition) is 2. The van der Waals surface area contributed by atoms with Gasteiger partial charge in [0.25, 0.3) is 0 Å². The summed E-state index contributed by atoms with van der Waals surface area (Å²) in [6.07, 6.45) is 6.63. The molecule has 0 unspecified atom stereocenters. The van der Waals surface area contributed by atoms with Gasteiger partial charge in [0.1, 0.15) is 0 Å². The number of rotatable bonds is 6. The summed E-state index contributed by atoms with van der Waals surface area (Å²) in [7, 11) is 0. The standard InChI is InChI=1S/C20H18N2O2S2/c1-25-19-9-5-3-7-13(19)21-15-11-18(24)16(12-17(15)23)22-14-8-4-6-10-20(14)26-2/h3-12,21-22H,1-2H3. The van der Waals surface area contributed by atoms with Crippen molar-refractivity contribution in [1.82, 2.24) is 0 Å². The van der Waals surface area contributed by atoms with Crippen molar-refractivity contribution in [3.05, 3.63) is 72.1 Å². The second-order valence-electron chi connectivity index (χ2n) is 5.50. The van der Waals surface area contributed by atoms with Crippen LogP contribution in [-0.2, 0) is 9.59 Å². The molecule has 26 heavy (non-hydrogen) atoms. The topological polar surface area (TPSA) is 58.2 Å². The number of nitrogens with one attached hydrogen (secondary N) is 2. The van der Waals surface area contributed by atoms with E-state index in [-0.39, 0.29) is 23.0 Å². The Morgan fingerprint density at radius 3 is 1.42 bits per heavy atom. The van der Waals surface area contributed by atoms with Gasteiger partial charge in [0.2, 0.25) is 11.6 Å². The number of carbonyl (C=O) groups is 2. The number of thioether (sulfide) groups is 2. The maximum Gasteiger partial charge on any atom is 0.204 e. The first-order valence-corrected chi connectivity index (χ1v) is 10.4. The summed E-state index contributed by atoms with van der Waals surface area (Å²) in [6.45, 7) is 0. The van der Waals surface area contributed by atoms with Gasteiger partial charge >= 0.3 is 0 Å². The number of para-hydroxylation sites is 2. The molecule has 0 heterocycles. The minimum Gasteiger partial charge on any atom is -0.351 e. The Balaban J connectivity index is 1.80. The van der Waals surface area contributed by atoms with E-state index < -0.39 is 0 Å². The van der Waals surface area contributed by atoms with Crippen LogP contribution in [0.1, 0.15) is 0 Å². The van der Waals surface area contributed by atoms with Crippen molar-refractivity contribution in [2.24, 2.45) is 0 Å². The van der Waals surface area contributed by atoms with Crippen molar-refractivity contribution < 1.29 is 9.59 Å². The van der Waals surface area contributed by atoms with Crippen LogP contribution in [0.3, 0.4) is 0 Å². The van der Waals surface area contributed by atoms with Crippen LogP contribution in [0.2, 0.25) is 0 Å². The van der Waals surface area contributed by atoms with Gasteiger partial charge < -0.3 is 10.6 Å². The van der Waals surface area contributed by atoms with Gasteiger partial charge in [-0.1, -0.05) is 24.3 Å². The lowest BCUT2D eigenvalue weighted by molar-refractivity contribution is -0.115. The maximum absolute atomic E-state index is 12.5. The number of ketones is 2. The quantitative estimate of drug-likeness (QED) is 0.564. The summed E-state index contributed by atoms with van der Waals surface area (Å²) >= 11 is 3.15. The Hall–Kier alpha value is -2.44. The first kappa shape index (κ1) is 18.4. The van der Waals surface area contributed by atoms with E-state index in [2.05, 4.69) is 10.6 Å². The smallest absolute Gasteiger partial charge is 0.204 e. The second-order valence-corrected chi connectivity index (χ2v) is 7.19. The zero-order chi connectivity index (χ0) is 18.5.